The Hall–Kier alpha value is -1.72. The number of nitrogens with zero attached hydrogens (tertiary/aromatic N) is 2. The lowest BCUT2D eigenvalue weighted by Crippen LogP contribution is -1.92. The summed E-state index contributed by atoms with van der Waals surface area (Å²) in [6.07, 6.45) is 0. The molecular weight excluding hydrogens is 220 g/mol. The van der Waals surface area contributed by atoms with E-state index in [1.165, 1.54) is 5.56 Å². The van der Waals surface area contributed by atoms with Crippen molar-refractivity contribution < 1.29 is 0 Å². The Morgan fingerprint density at radius 1 is 1.25 bits per heavy atom. The van der Waals surface area contributed by atoms with Gasteiger partial charge in [-0.2, -0.15) is 5.26 Å². The second kappa shape index (κ2) is 4.03. The van der Waals surface area contributed by atoms with Gasteiger partial charge in [0, 0.05) is 7.05 Å². The first-order chi connectivity index (χ1) is 7.63. The molecule has 0 saturated heterocycles. The van der Waals surface area contributed by atoms with E-state index in [9.17, 15) is 0 Å². The van der Waals surface area contributed by atoms with Crippen molar-refractivity contribution in [2.45, 2.75) is 6.92 Å². The molecule has 0 bridgehead atoms. The average Bonchev–Trinajstić information content (AvgIpc) is 2.57. The molecule has 16 heavy (non-hydrogen) atoms. The first-order valence-electron chi connectivity index (χ1n) is 4.96. The molecule has 0 N–H and O–H groups in total. The van der Waals surface area contributed by atoms with Gasteiger partial charge in [0.2, 0.25) is 0 Å². The Balaban J connectivity index is 2.64. The highest BCUT2D eigenvalue weighted by molar-refractivity contribution is 6.30. The molecule has 1 aromatic heterocycles. The van der Waals surface area contributed by atoms with Gasteiger partial charge >= 0.3 is 0 Å². The third-order valence-electron chi connectivity index (χ3n) is 2.62. The number of nitriles is 1. The standard InChI is InChI=1S/C13H11ClN2/c1-9-3-5-10(6-4-9)13-11(8-15)7-12(14)16(13)2/h3-7H,1-2H3. The van der Waals surface area contributed by atoms with Gasteiger partial charge in [0.05, 0.1) is 11.3 Å². The molecule has 0 atom stereocenters. The van der Waals surface area contributed by atoms with Crippen molar-refractivity contribution in [3.8, 4) is 17.3 Å². The minimum absolute atomic E-state index is 0.576. The van der Waals surface area contributed by atoms with E-state index >= 15 is 0 Å². The molecule has 0 radical (unpaired) electrons. The molecule has 0 aliphatic heterocycles. The number of aromatic nitrogens is 1. The minimum Gasteiger partial charge on any atom is -0.334 e. The SMILES string of the molecule is Cc1ccc(-c2c(C#N)cc(Cl)n2C)cc1. The van der Waals surface area contributed by atoms with Crippen LogP contribution in [0.2, 0.25) is 5.15 Å². The van der Waals surface area contributed by atoms with Crippen LogP contribution in [0.1, 0.15) is 11.1 Å². The van der Waals surface area contributed by atoms with Gasteiger partial charge in [-0.15, -0.1) is 0 Å². The molecule has 2 rings (SSSR count). The molecule has 1 aromatic carbocycles. The fourth-order valence-electron chi connectivity index (χ4n) is 1.72. The van der Waals surface area contributed by atoms with Crippen molar-refractivity contribution in [1.82, 2.24) is 4.57 Å². The summed E-state index contributed by atoms with van der Waals surface area (Å²) in [6.45, 7) is 2.03. The van der Waals surface area contributed by atoms with E-state index in [1.807, 2.05) is 42.8 Å². The number of halogens is 1. The second-order valence-corrected chi connectivity index (χ2v) is 4.15. The first-order valence-corrected chi connectivity index (χ1v) is 5.33. The van der Waals surface area contributed by atoms with E-state index in [1.54, 1.807) is 6.07 Å². The van der Waals surface area contributed by atoms with Crippen LogP contribution in [0.25, 0.3) is 11.3 Å². The van der Waals surface area contributed by atoms with Crippen LogP contribution in [0.4, 0.5) is 0 Å². The van der Waals surface area contributed by atoms with Gasteiger partial charge in [0.1, 0.15) is 11.2 Å². The average molecular weight is 231 g/mol. The highest BCUT2D eigenvalue weighted by Crippen LogP contribution is 2.28. The quantitative estimate of drug-likeness (QED) is 0.737. The molecule has 0 aliphatic rings. The normalized spacial score (nSPS) is 10.1. The maximum absolute atomic E-state index is 9.05. The van der Waals surface area contributed by atoms with E-state index in [0.29, 0.717) is 10.7 Å². The van der Waals surface area contributed by atoms with Gasteiger partial charge in [-0.3, -0.25) is 0 Å². The predicted molar refractivity (Wildman–Crippen MR) is 65.3 cm³/mol. The lowest BCUT2D eigenvalue weighted by Gasteiger charge is -2.05. The Kier molecular flexibility index (Phi) is 2.72. The molecule has 0 amide bonds. The van der Waals surface area contributed by atoms with Gasteiger partial charge in [-0.1, -0.05) is 41.4 Å². The van der Waals surface area contributed by atoms with E-state index < -0.39 is 0 Å². The second-order valence-electron chi connectivity index (χ2n) is 3.77. The summed E-state index contributed by atoms with van der Waals surface area (Å²) in [7, 11) is 1.86. The molecular formula is C13H11ClN2. The largest absolute Gasteiger partial charge is 0.334 e. The smallest absolute Gasteiger partial charge is 0.110 e. The number of hydrogen-bond acceptors (Lipinski definition) is 1. The summed E-state index contributed by atoms with van der Waals surface area (Å²) < 4.78 is 1.82. The van der Waals surface area contributed by atoms with Crippen LogP contribution < -0.4 is 0 Å². The highest BCUT2D eigenvalue weighted by atomic mass is 35.5. The fraction of sp³-hybridized carbons (Fsp3) is 0.154. The molecule has 0 unspecified atom stereocenters. The van der Waals surface area contributed by atoms with Gasteiger partial charge in [0.15, 0.2) is 0 Å². The number of aryl methyl sites for hydroxylation is 1. The molecule has 2 aromatic rings. The Labute approximate surface area is 99.7 Å². The Morgan fingerprint density at radius 3 is 2.44 bits per heavy atom. The van der Waals surface area contributed by atoms with Crippen molar-refractivity contribution in [3.63, 3.8) is 0 Å². The number of hydrogen-bond donors (Lipinski definition) is 0. The lowest BCUT2D eigenvalue weighted by atomic mass is 10.1. The van der Waals surface area contributed by atoms with Crippen molar-refractivity contribution >= 4 is 11.6 Å². The van der Waals surface area contributed by atoms with Crippen LogP contribution in [0.15, 0.2) is 30.3 Å². The van der Waals surface area contributed by atoms with Gasteiger partial charge < -0.3 is 4.57 Å². The molecule has 1 heterocycles. The highest BCUT2D eigenvalue weighted by Gasteiger charge is 2.12. The van der Waals surface area contributed by atoms with Crippen molar-refractivity contribution in [1.29, 1.82) is 5.26 Å². The number of benzene rings is 1. The van der Waals surface area contributed by atoms with E-state index in [-0.39, 0.29) is 0 Å². The van der Waals surface area contributed by atoms with E-state index in [0.717, 1.165) is 11.3 Å². The van der Waals surface area contributed by atoms with Gasteiger partial charge in [-0.25, -0.2) is 0 Å². The minimum atomic E-state index is 0.576. The van der Waals surface area contributed by atoms with Crippen LogP contribution in [0, 0.1) is 18.3 Å². The van der Waals surface area contributed by atoms with Crippen LogP contribution in [-0.4, -0.2) is 4.57 Å². The topological polar surface area (TPSA) is 28.7 Å². The molecule has 0 saturated carbocycles. The molecule has 80 valence electrons. The first kappa shape index (κ1) is 10.8. The Bertz CT molecular complexity index is 559. The maximum atomic E-state index is 9.05. The predicted octanol–water partition coefficient (Wildman–Crippen LogP) is 3.53. The van der Waals surface area contributed by atoms with E-state index in [2.05, 4.69) is 6.07 Å². The molecule has 0 spiro atoms. The van der Waals surface area contributed by atoms with Crippen LogP contribution in [0.5, 0.6) is 0 Å². The maximum Gasteiger partial charge on any atom is 0.110 e. The third-order valence-corrected chi connectivity index (χ3v) is 2.98. The zero-order valence-electron chi connectivity index (χ0n) is 9.16. The zero-order valence-corrected chi connectivity index (χ0v) is 9.92. The summed E-state index contributed by atoms with van der Waals surface area (Å²) in [5, 5.41) is 9.63. The third kappa shape index (κ3) is 1.70. The monoisotopic (exact) mass is 230 g/mol. The van der Waals surface area contributed by atoms with Crippen LogP contribution in [-0.2, 0) is 7.05 Å². The summed E-state index contributed by atoms with van der Waals surface area (Å²) in [6, 6.07) is 11.9. The van der Waals surface area contributed by atoms with Crippen molar-refractivity contribution in [2.24, 2.45) is 7.05 Å². The van der Waals surface area contributed by atoms with Crippen molar-refractivity contribution in [3.05, 3.63) is 46.6 Å². The van der Waals surface area contributed by atoms with Crippen LogP contribution in [0.3, 0.4) is 0 Å². The fourth-order valence-corrected chi connectivity index (χ4v) is 1.91. The summed E-state index contributed by atoms with van der Waals surface area (Å²) in [5.74, 6) is 0. The zero-order chi connectivity index (χ0) is 11.7. The van der Waals surface area contributed by atoms with Gasteiger partial charge in [0.25, 0.3) is 0 Å². The van der Waals surface area contributed by atoms with Gasteiger partial charge in [-0.05, 0) is 18.6 Å². The summed E-state index contributed by atoms with van der Waals surface area (Å²) in [5.41, 5.74) is 3.68. The number of rotatable bonds is 1. The molecule has 0 fully saturated rings. The summed E-state index contributed by atoms with van der Waals surface area (Å²) >= 11 is 6.01. The molecule has 0 aliphatic carbocycles. The van der Waals surface area contributed by atoms with Crippen molar-refractivity contribution in [2.75, 3.05) is 0 Å². The molecule has 2 nitrogen and oxygen atoms in total. The Morgan fingerprint density at radius 2 is 1.88 bits per heavy atom. The molecule has 3 heteroatoms. The lowest BCUT2D eigenvalue weighted by molar-refractivity contribution is 0.937. The van der Waals surface area contributed by atoms with E-state index in [4.69, 9.17) is 16.9 Å². The van der Waals surface area contributed by atoms with Crippen LogP contribution >= 0.6 is 11.6 Å². The summed E-state index contributed by atoms with van der Waals surface area (Å²) in [4.78, 5) is 0.